The van der Waals surface area contributed by atoms with E-state index in [1.54, 1.807) is 11.3 Å². The monoisotopic (exact) mass is 331 g/mol. The molecule has 1 fully saturated rings. The molecule has 1 saturated heterocycles. The highest BCUT2D eigenvalue weighted by molar-refractivity contribution is 9.11. The van der Waals surface area contributed by atoms with Crippen LogP contribution >= 0.6 is 27.3 Å². The van der Waals surface area contributed by atoms with Crippen molar-refractivity contribution in [2.45, 2.75) is 58.7 Å². The van der Waals surface area contributed by atoms with E-state index in [-0.39, 0.29) is 18.3 Å². The molecule has 1 aliphatic rings. The van der Waals surface area contributed by atoms with Gasteiger partial charge in [-0.2, -0.15) is 0 Å². The van der Waals surface area contributed by atoms with Gasteiger partial charge in [0, 0.05) is 0 Å². The second kappa shape index (κ2) is 4.58. The van der Waals surface area contributed by atoms with Crippen molar-refractivity contribution >= 4 is 39.2 Å². The van der Waals surface area contributed by atoms with Gasteiger partial charge < -0.3 is 9.31 Å². The molecule has 0 atom stereocenters. The highest BCUT2D eigenvalue weighted by Crippen LogP contribution is 2.37. The minimum absolute atomic E-state index is 0.303. The number of nitrogens with zero attached hydrogens (tertiary/aromatic N) is 1. The molecule has 1 aromatic rings. The molecule has 2 heterocycles. The molecule has 0 aromatic carbocycles. The van der Waals surface area contributed by atoms with Crippen molar-refractivity contribution in [3.8, 4) is 0 Å². The van der Waals surface area contributed by atoms with E-state index in [9.17, 15) is 0 Å². The third kappa shape index (κ3) is 2.40. The lowest BCUT2D eigenvalue weighted by Gasteiger charge is -2.32. The van der Waals surface area contributed by atoms with E-state index in [4.69, 9.17) is 9.31 Å². The molecule has 0 bridgehead atoms. The molecule has 6 heteroatoms. The van der Waals surface area contributed by atoms with Crippen LogP contribution in [-0.2, 0) is 9.31 Å². The van der Waals surface area contributed by atoms with Crippen LogP contribution in [0.2, 0.25) is 0 Å². The highest BCUT2D eigenvalue weighted by atomic mass is 79.9. The molecule has 0 amide bonds. The number of aromatic nitrogens is 1. The Morgan fingerprint density at radius 3 is 2.11 bits per heavy atom. The van der Waals surface area contributed by atoms with Gasteiger partial charge in [0.1, 0.15) is 0 Å². The molecule has 1 aliphatic heterocycles. The summed E-state index contributed by atoms with van der Waals surface area (Å²) in [6.45, 7) is 12.5. The van der Waals surface area contributed by atoms with Crippen LogP contribution in [0.5, 0.6) is 0 Å². The van der Waals surface area contributed by atoms with E-state index < -0.39 is 0 Å². The molecule has 3 nitrogen and oxygen atoms in total. The molecule has 0 spiro atoms. The Labute approximate surface area is 122 Å². The quantitative estimate of drug-likeness (QED) is 0.779. The topological polar surface area (TPSA) is 31.4 Å². The number of halogens is 1. The van der Waals surface area contributed by atoms with E-state index >= 15 is 0 Å². The summed E-state index contributed by atoms with van der Waals surface area (Å²) in [5, 5.41) is 0. The molecular weight excluding hydrogens is 313 g/mol. The van der Waals surface area contributed by atoms with Gasteiger partial charge in [0.25, 0.3) is 0 Å². The zero-order chi connectivity index (χ0) is 13.7. The molecule has 0 unspecified atom stereocenters. The lowest BCUT2D eigenvalue weighted by atomic mass is 9.84. The zero-order valence-corrected chi connectivity index (χ0v) is 14.1. The highest BCUT2D eigenvalue weighted by Gasteiger charge is 2.53. The van der Waals surface area contributed by atoms with Crippen LogP contribution in [0.25, 0.3) is 0 Å². The standard InChI is InChI=1S/C12H19BBrNO2S/c1-7(2)8-9(18-10(14)15-8)13-16-11(3,4)12(5,6)17-13/h7H,1-6H3. The predicted octanol–water partition coefficient (Wildman–Crippen LogP) is 3.33. The molecule has 0 aliphatic carbocycles. The van der Waals surface area contributed by atoms with Crippen molar-refractivity contribution in [3.05, 3.63) is 9.61 Å². The van der Waals surface area contributed by atoms with Gasteiger partial charge in [-0.25, -0.2) is 4.98 Å². The summed E-state index contributed by atoms with van der Waals surface area (Å²) in [4.78, 5) is 4.53. The van der Waals surface area contributed by atoms with Crippen molar-refractivity contribution in [1.29, 1.82) is 0 Å². The van der Waals surface area contributed by atoms with Crippen LogP contribution in [0.1, 0.15) is 53.2 Å². The largest absolute Gasteiger partial charge is 0.507 e. The Kier molecular flexibility index (Phi) is 3.69. The summed E-state index contributed by atoms with van der Waals surface area (Å²) in [6, 6.07) is 0. The summed E-state index contributed by atoms with van der Waals surface area (Å²) >= 11 is 5.05. The fraction of sp³-hybridized carbons (Fsp3) is 0.750. The van der Waals surface area contributed by atoms with Gasteiger partial charge >= 0.3 is 7.12 Å². The summed E-state index contributed by atoms with van der Waals surface area (Å²) in [5.74, 6) is 0.363. The molecule has 1 aromatic heterocycles. The number of rotatable bonds is 2. The molecule has 0 saturated carbocycles. The minimum Gasteiger partial charge on any atom is -0.399 e. The normalized spacial score (nSPS) is 21.9. The third-order valence-electron chi connectivity index (χ3n) is 3.67. The summed E-state index contributed by atoms with van der Waals surface area (Å²) < 4.78 is 14.1. The Bertz CT molecular complexity index is 443. The fourth-order valence-electron chi connectivity index (χ4n) is 1.85. The second-order valence-electron chi connectivity index (χ2n) is 5.96. The van der Waals surface area contributed by atoms with E-state index in [0.29, 0.717) is 5.92 Å². The van der Waals surface area contributed by atoms with Crippen molar-refractivity contribution in [2.75, 3.05) is 0 Å². The Morgan fingerprint density at radius 2 is 1.67 bits per heavy atom. The van der Waals surface area contributed by atoms with Crippen LogP contribution < -0.4 is 4.78 Å². The van der Waals surface area contributed by atoms with Crippen LogP contribution in [0.3, 0.4) is 0 Å². The first-order valence-electron chi connectivity index (χ1n) is 6.16. The summed E-state index contributed by atoms with van der Waals surface area (Å²) in [5.41, 5.74) is 0.454. The minimum atomic E-state index is -0.309. The molecule has 0 radical (unpaired) electrons. The maximum Gasteiger partial charge on any atom is 0.507 e. The second-order valence-corrected chi connectivity index (χ2v) is 8.27. The third-order valence-corrected chi connectivity index (χ3v) is 5.21. The average Bonchev–Trinajstić information content (AvgIpc) is 2.66. The molecule has 0 N–H and O–H groups in total. The Hall–Kier alpha value is 0.0949. The van der Waals surface area contributed by atoms with E-state index in [1.165, 1.54) is 0 Å². The van der Waals surface area contributed by atoms with Gasteiger partial charge in [0.05, 0.1) is 21.7 Å². The number of thiazole rings is 1. The predicted molar refractivity (Wildman–Crippen MR) is 79.6 cm³/mol. The smallest absolute Gasteiger partial charge is 0.399 e. The van der Waals surface area contributed by atoms with Gasteiger partial charge in [-0.05, 0) is 49.5 Å². The fourth-order valence-corrected chi connectivity index (χ4v) is 3.47. The van der Waals surface area contributed by atoms with Gasteiger partial charge in [-0.15, -0.1) is 11.3 Å². The van der Waals surface area contributed by atoms with Crippen LogP contribution in [0, 0.1) is 0 Å². The Balaban J connectivity index is 2.35. The van der Waals surface area contributed by atoms with Crippen molar-refractivity contribution in [1.82, 2.24) is 4.98 Å². The lowest BCUT2D eigenvalue weighted by Crippen LogP contribution is -2.41. The van der Waals surface area contributed by atoms with Crippen LogP contribution in [0.4, 0.5) is 0 Å². The van der Waals surface area contributed by atoms with Crippen molar-refractivity contribution in [2.24, 2.45) is 0 Å². The van der Waals surface area contributed by atoms with Crippen molar-refractivity contribution < 1.29 is 9.31 Å². The SMILES string of the molecule is CC(C)c1nc(Br)sc1B1OC(C)(C)C(C)(C)O1. The van der Waals surface area contributed by atoms with E-state index in [2.05, 4.69) is 62.5 Å². The van der Waals surface area contributed by atoms with Crippen molar-refractivity contribution in [3.63, 3.8) is 0 Å². The molecule has 18 heavy (non-hydrogen) atoms. The summed E-state index contributed by atoms with van der Waals surface area (Å²) in [7, 11) is -0.309. The van der Waals surface area contributed by atoms with Crippen LogP contribution in [0.15, 0.2) is 3.92 Å². The molecule has 2 rings (SSSR count). The number of hydrogen-bond acceptors (Lipinski definition) is 4. The molecule has 100 valence electrons. The van der Waals surface area contributed by atoms with Gasteiger partial charge in [-0.1, -0.05) is 13.8 Å². The first kappa shape index (κ1) is 14.5. The van der Waals surface area contributed by atoms with Gasteiger partial charge in [0.15, 0.2) is 3.92 Å². The average molecular weight is 332 g/mol. The van der Waals surface area contributed by atoms with E-state index in [0.717, 1.165) is 14.4 Å². The van der Waals surface area contributed by atoms with Gasteiger partial charge in [-0.3, -0.25) is 0 Å². The van der Waals surface area contributed by atoms with E-state index in [1.807, 2.05) is 0 Å². The first-order valence-corrected chi connectivity index (χ1v) is 7.77. The Morgan fingerprint density at radius 1 is 1.17 bits per heavy atom. The summed E-state index contributed by atoms with van der Waals surface area (Å²) in [6.07, 6.45) is 0. The molecular formula is C12H19BBrNO2S. The van der Waals surface area contributed by atoms with Gasteiger partial charge in [0.2, 0.25) is 0 Å². The maximum atomic E-state index is 6.08. The lowest BCUT2D eigenvalue weighted by molar-refractivity contribution is 0.00578. The maximum absolute atomic E-state index is 6.08. The number of hydrogen-bond donors (Lipinski definition) is 0. The first-order chi connectivity index (χ1) is 8.14. The van der Waals surface area contributed by atoms with Crippen LogP contribution in [-0.4, -0.2) is 23.3 Å². The zero-order valence-electron chi connectivity index (χ0n) is 11.7.